The Hall–Kier alpha value is -1.47. The van der Waals surface area contributed by atoms with E-state index in [4.69, 9.17) is 5.73 Å². The summed E-state index contributed by atoms with van der Waals surface area (Å²) in [5.74, 6) is -0.588. The number of hydrogen-bond acceptors (Lipinski definition) is 2. The maximum atomic E-state index is 13.4. The number of aromatic nitrogens is 1. The van der Waals surface area contributed by atoms with Crippen molar-refractivity contribution in [3.8, 4) is 0 Å². The molecule has 0 aliphatic carbocycles. The summed E-state index contributed by atoms with van der Waals surface area (Å²) in [7, 11) is 0. The van der Waals surface area contributed by atoms with Crippen LogP contribution in [0.2, 0.25) is 0 Å². The summed E-state index contributed by atoms with van der Waals surface area (Å²) in [4.78, 5) is 3.67. The first-order chi connectivity index (χ1) is 9.32. The first kappa shape index (κ1) is 14.9. The van der Waals surface area contributed by atoms with Crippen LogP contribution in [0.3, 0.4) is 0 Å². The third-order valence-corrected chi connectivity index (χ3v) is 3.65. The van der Waals surface area contributed by atoms with Gasteiger partial charge in [0.05, 0.1) is 16.1 Å². The highest BCUT2D eigenvalue weighted by Gasteiger charge is 2.35. The predicted molar refractivity (Wildman–Crippen MR) is 69.4 cm³/mol. The predicted octanol–water partition coefficient (Wildman–Crippen LogP) is 4.05. The Kier molecular flexibility index (Phi) is 4.10. The Morgan fingerprint density at radius 3 is 2.50 bits per heavy atom. The molecule has 0 amide bonds. The number of alkyl halides is 3. The fraction of sp³-hybridized carbons (Fsp3) is 0.154. The van der Waals surface area contributed by atoms with Crippen molar-refractivity contribution in [1.82, 2.24) is 4.98 Å². The van der Waals surface area contributed by atoms with E-state index in [0.29, 0.717) is 0 Å². The van der Waals surface area contributed by atoms with Gasteiger partial charge in [-0.25, -0.2) is 4.39 Å². The molecule has 0 spiro atoms. The van der Waals surface area contributed by atoms with Gasteiger partial charge in [0.2, 0.25) is 0 Å². The summed E-state index contributed by atoms with van der Waals surface area (Å²) in [6, 6.07) is 3.76. The third kappa shape index (κ3) is 2.83. The number of nitrogens with two attached hydrogens (primary N) is 1. The molecule has 1 aromatic heterocycles. The minimum atomic E-state index is -4.55. The highest BCUT2D eigenvalue weighted by atomic mass is 79.9. The van der Waals surface area contributed by atoms with Crippen LogP contribution in [0, 0.1) is 5.82 Å². The van der Waals surface area contributed by atoms with E-state index >= 15 is 0 Å². The zero-order valence-electron chi connectivity index (χ0n) is 9.96. The monoisotopic (exact) mass is 348 g/mol. The summed E-state index contributed by atoms with van der Waals surface area (Å²) in [6.07, 6.45) is -2.46. The van der Waals surface area contributed by atoms with Gasteiger partial charge in [-0.3, -0.25) is 4.98 Å². The van der Waals surface area contributed by atoms with Crippen LogP contribution in [0.1, 0.15) is 22.7 Å². The molecule has 1 unspecified atom stereocenters. The van der Waals surface area contributed by atoms with Gasteiger partial charge in [0.1, 0.15) is 5.82 Å². The molecule has 1 aromatic carbocycles. The van der Waals surface area contributed by atoms with E-state index in [9.17, 15) is 17.6 Å². The summed E-state index contributed by atoms with van der Waals surface area (Å²) in [5, 5.41) is 0. The van der Waals surface area contributed by atoms with E-state index in [1.54, 1.807) is 0 Å². The van der Waals surface area contributed by atoms with Crippen molar-refractivity contribution in [2.45, 2.75) is 12.2 Å². The highest BCUT2D eigenvalue weighted by molar-refractivity contribution is 9.10. The number of nitrogens with zero attached hydrogens (tertiary/aromatic N) is 1. The van der Waals surface area contributed by atoms with Crippen molar-refractivity contribution >= 4 is 15.9 Å². The van der Waals surface area contributed by atoms with E-state index < -0.39 is 23.6 Å². The SMILES string of the molecule is NC(c1cnccc1C(F)(F)F)c1cccc(F)c1Br. The van der Waals surface area contributed by atoms with E-state index in [1.807, 2.05) is 0 Å². The molecule has 2 nitrogen and oxygen atoms in total. The molecule has 7 heteroatoms. The largest absolute Gasteiger partial charge is 0.416 e. The lowest BCUT2D eigenvalue weighted by atomic mass is 9.96. The highest BCUT2D eigenvalue weighted by Crippen LogP contribution is 2.37. The van der Waals surface area contributed by atoms with Crippen LogP contribution < -0.4 is 5.73 Å². The Balaban J connectivity index is 2.55. The summed E-state index contributed by atoms with van der Waals surface area (Å²) >= 11 is 3.00. The number of pyridine rings is 1. The van der Waals surface area contributed by atoms with Crippen molar-refractivity contribution in [2.75, 3.05) is 0 Å². The first-order valence-corrected chi connectivity index (χ1v) is 6.32. The van der Waals surface area contributed by atoms with Crippen LogP contribution in [0.4, 0.5) is 17.6 Å². The quantitative estimate of drug-likeness (QED) is 0.831. The molecule has 0 radical (unpaired) electrons. The van der Waals surface area contributed by atoms with Gasteiger partial charge in [0, 0.05) is 18.0 Å². The molecule has 2 rings (SSSR count). The zero-order chi connectivity index (χ0) is 14.9. The molecule has 0 aliphatic heterocycles. The van der Waals surface area contributed by atoms with Gasteiger partial charge in [-0.05, 0) is 33.6 Å². The molecule has 0 saturated heterocycles. The van der Waals surface area contributed by atoms with Crippen LogP contribution in [0.5, 0.6) is 0 Å². The molecule has 1 heterocycles. The van der Waals surface area contributed by atoms with Gasteiger partial charge in [-0.2, -0.15) is 13.2 Å². The van der Waals surface area contributed by atoms with Crippen molar-refractivity contribution < 1.29 is 17.6 Å². The van der Waals surface area contributed by atoms with Crippen LogP contribution >= 0.6 is 15.9 Å². The topological polar surface area (TPSA) is 38.9 Å². The zero-order valence-corrected chi connectivity index (χ0v) is 11.5. The molecule has 20 heavy (non-hydrogen) atoms. The van der Waals surface area contributed by atoms with Crippen LogP contribution in [-0.2, 0) is 6.18 Å². The van der Waals surface area contributed by atoms with Gasteiger partial charge in [0.15, 0.2) is 0 Å². The molecule has 2 aromatic rings. The standard InChI is InChI=1S/C13H9BrF4N2/c14-11-7(2-1-3-10(11)15)12(19)8-6-20-5-4-9(8)13(16,17)18/h1-6,12H,19H2. The lowest BCUT2D eigenvalue weighted by Crippen LogP contribution is -2.19. The fourth-order valence-corrected chi connectivity index (χ4v) is 2.35. The number of halogens is 5. The number of rotatable bonds is 2. The second-order valence-corrected chi connectivity index (χ2v) is 4.87. The normalized spacial score (nSPS) is 13.3. The average molecular weight is 349 g/mol. The average Bonchev–Trinajstić information content (AvgIpc) is 2.40. The molecule has 0 aliphatic rings. The summed E-state index contributed by atoms with van der Waals surface area (Å²) in [5.41, 5.74) is 4.99. The van der Waals surface area contributed by atoms with Crippen molar-refractivity contribution in [2.24, 2.45) is 5.73 Å². The molecule has 0 bridgehead atoms. The van der Waals surface area contributed by atoms with Crippen LogP contribution in [-0.4, -0.2) is 4.98 Å². The lowest BCUT2D eigenvalue weighted by Gasteiger charge is -2.19. The van der Waals surface area contributed by atoms with Gasteiger partial charge in [-0.1, -0.05) is 12.1 Å². The van der Waals surface area contributed by atoms with E-state index in [2.05, 4.69) is 20.9 Å². The van der Waals surface area contributed by atoms with Crippen LogP contribution in [0.25, 0.3) is 0 Å². The van der Waals surface area contributed by atoms with Crippen molar-refractivity contribution in [3.05, 3.63) is 63.6 Å². The van der Waals surface area contributed by atoms with Gasteiger partial charge < -0.3 is 5.73 Å². The second-order valence-electron chi connectivity index (χ2n) is 4.08. The molecular formula is C13H9BrF4N2. The summed E-state index contributed by atoms with van der Waals surface area (Å²) < 4.78 is 52.3. The molecule has 106 valence electrons. The molecule has 2 N–H and O–H groups in total. The van der Waals surface area contributed by atoms with Crippen molar-refractivity contribution in [3.63, 3.8) is 0 Å². The smallest absolute Gasteiger partial charge is 0.320 e. The molecule has 0 fully saturated rings. The van der Waals surface area contributed by atoms with E-state index in [1.165, 1.54) is 18.2 Å². The van der Waals surface area contributed by atoms with Crippen LogP contribution in [0.15, 0.2) is 41.1 Å². The molecular weight excluding hydrogens is 340 g/mol. The first-order valence-electron chi connectivity index (χ1n) is 5.53. The van der Waals surface area contributed by atoms with E-state index in [0.717, 1.165) is 18.5 Å². The van der Waals surface area contributed by atoms with Gasteiger partial charge >= 0.3 is 6.18 Å². The van der Waals surface area contributed by atoms with Crippen molar-refractivity contribution in [1.29, 1.82) is 0 Å². The maximum absolute atomic E-state index is 13.4. The summed E-state index contributed by atoms with van der Waals surface area (Å²) in [6.45, 7) is 0. The Morgan fingerprint density at radius 2 is 1.85 bits per heavy atom. The second kappa shape index (κ2) is 5.49. The minimum Gasteiger partial charge on any atom is -0.320 e. The van der Waals surface area contributed by atoms with Gasteiger partial charge in [0.25, 0.3) is 0 Å². The number of hydrogen-bond donors (Lipinski definition) is 1. The molecule has 1 atom stereocenters. The minimum absolute atomic E-state index is 0.0458. The Bertz CT molecular complexity index is 628. The fourth-order valence-electron chi connectivity index (χ4n) is 1.84. The van der Waals surface area contributed by atoms with Gasteiger partial charge in [-0.15, -0.1) is 0 Å². The molecule has 0 saturated carbocycles. The Labute approximate surface area is 120 Å². The lowest BCUT2D eigenvalue weighted by molar-refractivity contribution is -0.138. The Morgan fingerprint density at radius 1 is 1.15 bits per heavy atom. The van der Waals surface area contributed by atoms with E-state index in [-0.39, 0.29) is 15.6 Å². The third-order valence-electron chi connectivity index (χ3n) is 2.81. The number of benzene rings is 1. The maximum Gasteiger partial charge on any atom is 0.416 e.